The van der Waals surface area contributed by atoms with Crippen LogP contribution in [0.2, 0.25) is 0 Å². The second kappa shape index (κ2) is 5.40. The van der Waals surface area contributed by atoms with E-state index in [2.05, 4.69) is 5.32 Å². The van der Waals surface area contributed by atoms with E-state index in [1.165, 1.54) is 19.3 Å². The molecule has 2 atom stereocenters. The number of hydrogen-bond acceptors (Lipinski definition) is 3. The summed E-state index contributed by atoms with van der Waals surface area (Å²) in [6.45, 7) is 2.64. The number of benzene rings is 1. The van der Waals surface area contributed by atoms with Crippen LogP contribution in [-0.4, -0.2) is 18.5 Å². The highest BCUT2D eigenvalue weighted by molar-refractivity contribution is 5.94. The molecule has 1 saturated carbocycles. The molecule has 4 heteroatoms. The summed E-state index contributed by atoms with van der Waals surface area (Å²) in [6, 6.07) is 6.13. The molecule has 4 nitrogen and oxygen atoms in total. The molecule has 0 spiro atoms. The molecule has 2 unspecified atom stereocenters. The van der Waals surface area contributed by atoms with Crippen molar-refractivity contribution in [1.82, 2.24) is 0 Å². The van der Waals surface area contributed by atoms with Crippen LogP contribution in [0.15, 0.2) is 18.2 Å². The lowest BCUT2D eigenvalue weighted by molar-refractivity contribution is 0.1000. The van der Waals surface area contributed by atoms with Gasteiger partial charge in [0.15, 0.2) is 0 Å². The Morgan fingerprint density at radius 1 is 1.44 bits per heavy atom. The SMILES string of the molecule is Cc1cc(NC2CCCC2CN)ccc1C(N)=O. The van der Waals surface area contributed by atoms with Crippen LogP contribution in [-0.2, 0) is 0 Å². The Labute approximate surface area is 108 Å². The van der Waals surface area contributed by atoms with Crippen molar-refractivity contribution in [1.29, 1.82) is 0 Å². The average Bonchev–Trinajstić information content (AvgIpc) is 2.76. The van der Waals surface area contributed by atoms with E-state index in [4.69, 9.17) is 11.5 Å². The third-order valence-corrected chi connectivity index (χ3v) is 3.81. The van der Waals surface area contributed by atoms with E-state index in [9.17, 15) is 4.79 Å². The Balaban J connectivity index is 2.10. The Morgan fingerprint density at radius 2 is 2.22 bits per heavy atom. The topological polar surface area (TPSA) is 81.1 Å². The number of amides is 1. The molecule has 98 valence electrons. The van der Waals surface area contributed by atoms with Crippen molar-refractivity contribution in [2.24, 2.45) is 17.4 Å². The van der Waals surface area contributed by atoms with E-state index >= 15 is 0 Å². The lowest BCUT2D eigenvalue weighted by Gasteiger charge is -2.21. The van der Waals surface area contributed by atoms with Gasteiger partial charge in [-0.15, -0.1) is 0 Å². The van der Waals surface area contributed by atoms with Gasteiger partial charge in [0.05, 0.1) is 0 Å². The van der Waals surface area contributed by atoms with Gasteiger partial charge >= 0.3 is 0 Å². The minimum atomic E-state index is -0.375. The molecule has 1 fully saturated rings. The van der Waals surface area contributed by atoms with Crippen LogP contribution < -0.4 is 16.8 Å². The Hall–Kier alpha value is -1.55. The van der Waals surface area contributed by atoms with Gasteiger partial charge < -0.3 is 16.8 Å². The number of nitrogens with one attached hydrogen (secondary N) is 1. The Morgan fingerprint density at radius 3 is 2.83 bits per heavy atom. The molecule has 0 bridgehead atoms. The summed E-state index contributed by atoms with van der Waals surface area (Å²) >= 11 is 0. The van der Waals surface area contributed by atoms with Crippen molar-refractivity contribution >= 4 is 11.6 Å². The van der Waals surface area contributed by atoms with Crippen LogP contribution in [0.5, 0.6) is 0 Å². The molecule has 1 aromatic rings. The number of rotatable bonds is 4. The minimum absolute atomic E-state index is 0.375. The van der Waals surface area contributed by atoms with E-state index in [-0.39, 0.29) is 5.91 Å². The van der Waals surface area contributed by atoms with Gasteiger partial charge in [-0.2, -0.15) is 0 Å². The number of carbonyl (C=O) groups excluding carboxylic acids is 1. The Kier molecular flexibility index (Phi) is 3.87. The van der Waals surface area contributed by atoms with Crippen LogP contribution in [0.4, 0.5) is 5.69 Å². The van der Waals surface area contributed by atoms with E-state index in [0.29, 0.717) is 17.5 Å². The molecule has 1 amide bonds. The van der Waals surface area contributed by atoms with Gasteiger partial charge in [0.25, 0.3) is 0 Å². The summed E-state index contributed by atoms with van der Waals surface area (Å²) in [5, 5.41) is 3.52. The first-order valence-electron chi connectivity index (χ1n) is 6.49. The summed E-state index contributed by atoms with van der Waals surface area (Å²) in [6.07, 6.45) is 3.60. The van der Waals surface area contributed by atoms with E-state index in [1.807, 2.05) is 19.1 Å². The molecule has 2 rings (SSSR count). The highest BCUT2D eigenvalue weighted by Crippen LogP contribution is 2.28. The number of aryl methyl sites for hydroxylation is 1. The second-order valence-electron chi connectivity index (χ2n) is 5.07. The molecular formula is C14H21N3O. The highest BCUT2D eigenvalue weighted by atomic mass is 16.1. The van der Waals surface area contributed by atoms with Crippen molar-refractivity contribution in [3.63, 3.8) is 0 Å². The first-order chi connectivity index (χ1) is 8.61. The standard InChI is InChI=1S/C14H21N3O/c1-9-7-11(5-6-12(9)14(16)18)17-13-4-2-3-10(13)8-15/h5-7,10,13,17H,2-4,8,15H2,1H3,(H2,16,18). The largest absolute Gasteiger partial charge is 0.382 e. The van der Waals surface area contributed by atoms with Crippen molar-refractivity contribution in [2.45, 2.75) is 32.2 Å². The van der Waals surface area contributed by atoms with Gasteiger partial charge in [-0.05, 0) is 56.0 Å². The third-order valence-electron chi connectivity index (χ3n) is 3.81. The number of carbonyl (C=O) groups is 1. The fraction of sp³-hybridized carbons (Fsp3) is 0.500. The number of hydrogen-bond donors (Lipinski definition) is 3. The summed E-state index contributed by atoms with van der Waals surface area (Å²) in [4.78, 5) is 11.2. The molecule has 5 N–H and O–H groups in total. The summed E-state index contributed by atoms with van der Waals surface area (Å²) in [5.74, 6) is 0.181. The third kappa shape index (κ3) is 2.64. The van der Waals surface area contributed by atoms with Crippen molar-refractivity contribution in [3.8, 4) is 0 Å². The van der Waals surface area contributed by atoms with Crippen LogP contribution in [0, 0.1) is 12.8 Å². The second-order valence-corrected chi connectivity index (χ2v) is 5.07. The average molecular weight is 247 g/mol. The van der Waals surface area contributed by atoms with Crippen LogP contribution in [0.25, 0.3) is 0 Å². The first-order valence-corrected chi connectivity index (χ1v) is 6.49. The molecule has 1 aromatic carbocycles. The summed E-state index contributed by atoms with van der Waals surface area (Å²) < 4.78 is 0. The maximum atomic E-state index is 11.2. The van der Waals surface area contributed by atoms with E-state index in [0.717, 1.165) is 17.8 Å². The molecule has 0 aromatic heterocycles. The van der Waals surface area contributed by atoms with Gasteiger partial charge in [-0.1, -0.05) is 6.42 Å². The van der Waals surface area contributed by atoms with Crippen molar-refractivity contribution in [2.75, 3.05) is 11.9 Å². The number of nitrogens with two attached hydrogens (primary N) is 2. The van der Waals surface area contributed by atoms with Gasteiger partial charge in [0, 0.05) is 17.3 Å². The predicted molar refractivity (Wildman–Crippen MR) is 73.5 cm³/mol. The predicted octanol–water partition coefficient (Wildman–Crippen LogP) is 1.63. The lowest BCUT2D eigenvalue weighted by Crippen LogP contribution is -2.29. The molecule has 0 aliphatic heterocycles. The fourth-order valence-corrected chi connectivity index (χ4v) is 2.75. The van der Waals surface area contributed by atoms with Gasteiger partial charge in [0.1, 0.15) is 0 Å². The summed E-state index contributed by atoms with van der Waals surface area (Å²) in [5.41, 5.74) is 13.6. The number of anilines is 1. The molecular weight excluding hydrogens is 226 g/mol. The Bertz CT molecular complexity index is 445. The number of primary amides is 1. The highest BCUT2D eigenvalue weighted by Gasteiger charge is 2.25. The maximum absolute atomic E-state index is 11.2. The zero-order valence-electron chi connectivity index (χ0n) is 10.8. The normalized spacial score (nSPS) is 23.0. The van der Waals surface area contributed by atoms with E-state index in [1.54, 1.807) is 6.07 Å². The first kappa shape index (κ1) is 12.9. The van der Waals surface area contributed by atoms with Gasteiger partial charge in [-0.25, -0.2) is 0 Å². The van der Waals surface area contributed by atoms with Crippen LogP contribution >= 0.6 is 0 Å². The smallest absolute Gasteiger partial charge is 0.248 e. The fourth-order valence-electron chi connectivity index (χ4n) is 2.75. The van der Waals surface area contributed by atoms with Crippen LogP contribution in [0.1, 0.15) is 35.2 Å². The zero-order chi connectivity index (χ0) is 13.1. The zero-order valence-corrected chi connectivity index (χ0v) is 10.8. The maximum Gasteiger partial charge on any atom is 0.248 e. The molecule has 0 radical (unpaired) electrons. The minimum Gasteiger partial charge on any atom is -0.382 e. The van der Waals surface area contributed by atoms with Gasteiger partial charge in [0.2, 0.25) is 5.91 Å². The molecule has 0 heterocycles. The van der Waals surface area contributed by atoms with Crippen molar-refractivity contribution in [3.05, 3.63) is 29.3 Å². The van der Waals surface area contributed by atoms with Crippen LogP contribution in [0.3, 0.4) is 0 Å². The summed E-state index contributed by atoms with van der Waals surface area (Å²) in [7, 11) is 0. The molecule has 1 aliphatic rings. The quantitative estimate of drug-likeness (QED) is 0.756. The molecule has 1 aliphatic carbocycles. The van der Waals surface area contributed by atoms with Gasteiger partial charge in [-0.3, -0.25) is 4.79 Å². The van der Waals surface area contributed by atoms with E-state index < -0.39 is 0 Å². The molecule has 0 saturated heterocycles. The van der Waals surface area contributed by atoms with Crippen molar-refractivity contribution < 1.29 is 4.79 Å². The molecule has 18 heavy (non-hydrogen) atoms. The monoisotopic (exact) mass is 247 g/mol. The lowest BCUT2D eigenvalue weighted by atomic mass is 10.0.